The average molecular weight is 326 g/mol. The highest BCUT2D eigenvalue weighted by Gasteiger charge is 2.23. The molecule has 2 aromatic rings. The Morgan fingerprint density at radius 2 is 1.79 bits per heavy atom. The molecule has 0 heterocycles. The molecule has 4 heteroatoms. The quantitative estimate of drug-likeness (QED) is 0.547. The number of rotatable bonds is 9. The average Bonchev–Trinajstić information content (AvgIpc) is 2.60. The van der Waals surface area contributed by atoms with Gasteiger partial charge in [0.05, 0.1) is 6.10 Å². The van der Waals surface area contributed by atoms with Crippen LogP contribution >= 0.6 is 0 Å². The van der Waals surface area contributed by atoms with Crippen LogP contribution in [-0.4, -0.2) is 32.7 Å². The van der Waals surface area contributed by atoms with E-state index in [1.165, 1.54) is 16.5 Å². The zero-order chi connectivity index (χ0) is 16.5. The molecule has 0 radical (unpaired) electrons. The molecule has 0 amide bonds. The van der Waals surface area contributed by atoms with Crippen molar-refractivity contribution in [3.63, 3.8) is 0 Å². The highest BCUT2D eigenvalue weighted by molar-refractivity contribution is 6.80. The third-order valence-electron chi connectivity index (χ3n) is 3.89. The van der Waals surface area contributed by atoms with Crippen molar-refractivity contribution in [3.05, 3.63) is 60.2 Å². The fourth-order valence-electron chi connectivity index (χ4n) is 2.64. The van der Waals surface area contributed by atoms with Gasteiger partial charge < -0.3 is 15.7 Å². The van der Waals surface area contributed by atoms with Crippen LogP contribution in [0.15, 0.2) is 54.6 Å². The van der Waals surface area contributed by atoms with Gasteiger partial charge in [-0.1, -0.05) is 68.9 Å². The molecule has 0 fully saturated rings. The summed E-state index contributed by atoms with van der Waals surface area (Å²) in [7, 11) is 0. The van der Waals surface area contributed by atoms with Crippen molar-refractivity contribution in [2.24, 2.45) is 5.73 Å². The molecule has 0 saturated heterocycles. The summed E-state index contributed by atoms with van der Waals surface area (Å²) in [5.74, 6) is 0. The standard InChI is InChI=1S/C19H27BN2O.CH4/c1-3-17-8-7-11-19(14-17)20(18-9-5-4-6-10-18)23-16(2)15-22-13-12-21;/h4-11,14,16,22H,3,12-13,15,21H2,1-2H3;1H4. The first-order chi connectivity index (χ1) is 11.2. The molecule has 1 atom stereocenters. The van der Waals surface area contributed by atoms with E-state index in [1.54, 1.807) is 0 Å². The van der Waals surface area contributed by atoms with E-state index in [1.807, 2.05) is 6.07 Å². The van der Waals surface area contributed by atoms with Gasteiger partial charge in [-0.3, -0.25) is 0 Å². The molecule has 24 heavy (non-hydrogen) atoms. The van der Waals surface area contributed by atoms with E-state index < -0.39 is 0 Å². The molecule has 0 saturated carbocycles. The Kier molecular flexibility index (Phi) is 9.39. The molecular weight excluding hydrogens is 295 g/mol. The van der Waals surface area contributed by atoms with Crippen LogP contribution in [0.2, 0.25) is 0 Å². The molecule has 130 valence electrons. The zero-order valence-corrected chi connectivity index (χ0v) is 14.2. The molecule has 0 spiro atoms. The first kappa shape index (κ1) is 20.4. The van der Waals surface area contributed by atoms with E-state index in [0.29, 0.717) is 6.54 Å². The van der Waals surface area contributed by atoms with Crippen molar-refractivity contribution >= 4 is 17.8 Å². The van der Waals surface area contributed by atoms with Gasteiger partial charge in [0, 0.05) is 19.6 Å². The summed E-state index contributed by atoms with van der Waals surface area (Å²) in [5.41, 5.74) is 9.26. The summed E-state index contributed by atoms with van der Waals surface area (Å²) >= 11 is 0. The number of benzene rings is 2. The van der Waals surface area contributed by atoms with Crippen molar-refractivity contribution in [1.29, 1.82) is 0 Å². The second-order valence-electron chi connectivity index (χ2n) is 5.83. The van der Waals surface area contributed by atoms with Gasteiger partial charge in [-0.25, -0.2) is 0 Å². The van der Waals surface area contributed by atoms with Gasteiger partial charge in [-0.2, -0.15) is 0 Å². The van der Waals surface area contributed by atoms with Crippen molar-refractivity contribution in [3.8, 4) is 0 Å². The first-order valence-corrected chi connectivity index (χ1v) is 8.44. The molecule has 0 aliphatic heterocycles. The topological polar surface area (TPSA) is 47.3 Å². The van der Waals surface area contributed by atoms with E-state index in [0.717, 1.165) is 19.5 Å². The Hall–Kier alpha value is -1.62. The van der Waals surface area contributed by atoms with E-state index in [9.17, 15) is 0 Å². The number of aryl methyl sites for hydroxylation is 1. The minimum absolute atomic E-state index is 0. The Balaban J connectivity index is 0.00000288. The van der Waals surface area contributed by atoms with Crippen LogP contribution in [0.3, 0.4) is 0 Å². The maximum absolute atomic E-state index is 6.37. The highest BCUT2D eigenvalue weighted by atomic mass is 16.4. The summed E-state index contributed by atoms with van der Waals surface area (Å²) < 4.78 is 6.37. The summed E-state index contributed by atoms with van der Waals surface area (Å²) in [6, 6.07) is 19.1. The van der Waals surface area contributed by atoms with Crippen LogP contribution in [0.25, 0.3) is 0 Å². The molecule has 0 bridgehead atoms. The maximum atomic E-state index is 6.37. The van der Waals surface area contributed by atoms with Crippen molar-refractivity contribution < 1.29 is 4.65 Å². The normalized spacial score (nSPS) is 11.6. The summed E-state index contributed by atoms with van der Waals surface area (Å²) in [6.07, 6.45) is 1.14. The Labute approximate surface area is 147 Å². The first-order valence-electron chi connectivity index (χ1n) is 8.44. The monoisotopic (exact) mass is 326 g/mol. The number of hydrogen-bond acceptors (Lipinski definition) is 3. The van der Waals surface area contributed by atoms with Gasteiger partial charge in [0.15, 0.2) is 0 Å². The summed E-state index contributed by atoms with van der Waals surface area (Å²) in [6.45, 7) is 6.49. The second-order valence-corrected chi connectivity index (χ2v) is 5.83. The predicted octanol–water partition coefficient (Wildman–Crippen LogP) is 1.94. The van der Waals surface area contributed by atoms with Crippen LogP contribution < -0.4 is 22.0 Å². The van der Waals surface area contributed by atoms with E-state index >= 15 is 0 Å². The lowest BCUT2D eigenvalue weighted by molar-refractivity contribution is 0.227. The number of nitrogens with two attached hydrogens (primary N) is 1. The molecule has 0 aromatic heterocycles. The van der Waals surface area contributed by atoms with Crippen LogP contribution in [0, 0.1) is 0 Å². The lowest BCUT2D eigenvalue weighted by Crippen LogP contribution is -2.48. The van der Waals surface area contributed by atoms with Gasteiger partial charge in [0.1, 0.15) is 0 Å². The third kappa shape index (κ3) is 6.12. The molecule has 3 N–H and O–H groups in total. The molecule has 3 nitrogen and oxygen atoms in total. The predicted molar refractivity (Wildman–Crippen MR) is 106 cm³/mol. The van der Waals surface area contributed by atoms with Gasteiger partial charge in [-0.15, -0.1) is 0 Å². The van der Waals surface area contributed by atoms with Gasteiger partial charge >= 0.3 is 6.92 Å². The van der Waals surface area contributed by atoms with Crippen molar-refractivity contribution in [2.45, 2.75) is 33.8 Å². The molecule has 2 rings (SSSR count). The van der Waals surface area contributed by atoms with Crippen molar-refractivity contribution in [1.82, 2.24) is 5.32 Å². The van der Waals surface area contributed by atoms with Crippen LogP contribution in [-0.2, 0) is 11.1 Å². The smallest absolute Gasteiger partial charge is 0.361 e. The lowest BCUT2D eigenvalue weighted by atomic mass is 9.55. The lowest BCUT2D eigenvalue weighted by Gasteiger charge is -2.21. The minimum atomic E-state index is -0.0441. The Morgan fingerprint density at radius 1 is 1.08 bits per heavy atom. The Morgan fingerprint density at radius 3 is 2.46 bits per heavy atom. The third-order valence-corrected chi connectivity index (χ3v) is 3.89. The maximum Gasteiger partial charge on any atom is 0.361 e. The highest BCUT2D eigenvalue weighted by Crippen LogP contribution is 2.03. The van der Waals surface area contributed by atoms with Crippen LogP contribution in [0.1, 0.15) is 26.8 Å². The number of nitrogens with one attached hydrogen (secondary N) is 1. The van der Waals surface area contributed by atoms with Crippen LogP contribution in [0.4, 0.5) is 0 Å². The fraction of sp³-hybridized carbons (Fsp3) is 0.400. The van der Waals surface area contributed by atoms with Crippen molar-refractivity contribution in [2.75, 3.05) is 19.6 Å². The van der Waals surface area contributed by atoms with Gasteiger partial charge in [0.2, 0.25) is 0 Å². The SMILES string of the molecule is C.CCc1cccc(B(OC(C)CNCCN)c2ccccc2)c1. The van der Waals surface area contributed by atoms with E-state index in [-0.39, 0.29) is 20.4 Å². The largest absolute Gasteiger partial charge is 0.423 e. The minimum Gasteiger partial charge on any atom is -0.423 e. The summed E-state index contributed by atoms with van der Waals surface area (Å²) in [5, 5.41) is 3.32. The Bertz CT molecular complexity index is 577. The fourth-order valence-corrected chi connectivity index (χ4v) is 2.64. The molecule has 2 aromatic carbocycles. The molecule has 0 aliphatic rings. The summed E-state index contributed by atoms with van der Waals surface area (Å²) in [4.78, 5) is 0. The number of hydrogen-bond donors (Lipinski definition) is 2. The molecule has 1 unspecified atom stereocenters. The molecule has 0 aliphatic carbocycles. The van der Waals surface area contributed by atoms with E-state index in [2.05, 4.69) is 67.7 Å². The van der Waals surface area contributed by atoms with Gasteiger partial charge in [0.25, 0.3) is 0 Å². The van der Waals surface area contributed by atoms with E-state index in [4.69, 9.17) is 10.4 Å². The van der Waals surface area contributed by atoms with Gasteiger partial charge in [-0.05, 0) is 29.8 Å². The molecular formula is C20H31BN2O. The van der Waals surface area contributed by atoms with Crippen LogP contribution in [0.5, 0.6) is 0 Å². The second kappa shape index (κ2) is 11.0. The zero-order valence-electron chi connectivity index (χ0n) is 14.2.